The fourth-order valence-electron chi connectivity index (χ4n) is 9.36. The van der Waals surface area contributed by atoms with Gasteiger partial charge >= 0.3 is 0 Å². The standard InChI is InChI=1S/C54H35N3/c1-3-16-36(17-4-1)38-32-39(37-18-5-2-6-19-37)34-41(33-38)56-47-24-11-7-22-44(47)45-31-30-40(35-53(45)56)55-50-27-14-10-23-46(50)54-51(55)28-15-29-52(54)57-48-25-12-8-20-42(48)43-21-9-13-26-49(43)57/h1-35H. The Kier molecular flexibility index (Phi) is 6.93. The number of hydrogen-bond donors (Lipinski definition) is 0. The van der Waals surface area contributed by atoms with Crippen LogP contribution in [0.5, 0.6) is 0 Å². The first-order valence-corrected chi connectivity index (χ1v) is 19.6. The number of para-hydroxylation sites is 4. The lowest BCUT2D eigenvalue weighted by atomic mass is 9.98. The van der Waals surface area contributed by atoms with Crippen molar-refractivity contribution < 1.29 is 0 Å². The number of hydrogen-bond acceptors (Lipinski definition) is 0. The zero-order chi connectivity index (χ0) is 37.5. The molecule has 0 aliphatic rings. The number of nitrogens with zero attached hydrogens (tertiary/aromatic N) is 3. The highest BCUT2D eigenvalue weighted by atomic mass is 15.0. The molecular weight excluding hydrogens is 691 g/mol. The van der Waals surface area contributed by atoms with Crippen molar-refractivity contribution in [3.63, 3.8) is 0 Å². The van der Waals surface area contributed by atoms with Gasteiger partial charge in [-0.25, -0.2) is 0 Å². The zero-order valence-corrected chi connectivity index (χ0v) is 31.0. The lowest BCUT2D eigenvalue weighted by Crippen LogP contribution is -1.98. The van der Waals surface area contributed by atoms with Crippen LogP contribution in [0.4, 0.5) is 0 Å². The third-order valence-electron chi connectivity index (χ3n) is 11.8. The molecule has 57 heavy (non-hydrogen) atoms. The second-order valence-corrected chi connectivity index (χ2v) is 14.9. The summed E-state index contributed by atoms with van der Waals surface area (Å²) in [7, 11) is 0. The summed E-state index contributed by atoms with van der Waals surface area (Å²) >= 11 is 0. The van der Waals surface area contributed by atoms with Gasteiger partial charge in [0.05, 0.1) is 38.8 Å². The maximum atomic E-state index is 2.46. The van der Waals surface area contributed by atoms with E-state index in [0.717, 1.165) is 11.4 Å². The molecule has 0 aliphatic heterocycles. The number of rotatable bonds is 5. The van der Waals surface area contributed by atoms with Gasteiger partial charge in [-0.15, -0.1) is 0 Å². The van der Waals surface area contributed by atoms with Crippen LogP contribution in [-0.4, -0.2) is 13.7 Å². The molecule has 0 spiro atoms. The van der Waals surface area contributed by atoms with Gasteiger partial charge in [0.15, 0.2) is 0 Å². The van der Waals surface area contributed by atoms with Crippen molar-refractivity contribution in [2.75, 3.05) is 0 Å². The predicted molar refractivity (Wildman–Crippen MR) is 240 cm³/mol. The molecule has 0 aliphatic carbocycles. The van der Waals surface area contributed by atoms with E-state index in [2.05, 4.69) is 226 Å². The van der Waals surface area contributed by atoms with Crippen molar-refractivity contribution >= 4 is 65.4 Å². The summed E-state index contributed by atoms with van der Waals surface area (Å²) in [6, 6.07) is 77.5. The van der Waals surface area contributed by atoms with E-state index in [1.165, 1.54) is 93.4 Å². The Hall–Kier alpha value is -7.62. The minimum absolute atomic E-state index is 1.12. The second kappa shape index (κ2) is 12.5. The van der Waals surface area contributed by atoms with E-state index in [9.17, 15) is 0 Å². The topological polar surface area (TPSA) is 14.8 Å². The Balaban J connectivity index is 1.14. The fraction of sp³-hybridized carbons (Fsp3) is 0. The smallest absolute Gasteiger partial charge is 0.0562 e. The maximum absolute atomic E-state index is 2.46. The summed E-state index contributed by atoms with van der Waals surface area (Å²) in [5.74, 6) is 0. The van der Waals surface area contributed by atoms with Crippen LogP contribution in [0, 0.1) is 0 Å². The fourth-order valence-corrected chi connectivity index (χ4v) is 9.36. The first kappa shape index (κ1) is 31.7. The quantitative estimate of drug-likeness (QED) is 0.168. The lowest BCUT2D eigenvalue weighted by molar-refractivity contribution is 1.15. The van der Waals surface area contributed by atoms with Crippen molar-refractivity contribution in [1.29, 1.82) is 0 Å². The Morgan fingerprint density at radius 1 is 0.228 bits per heavy atom. The van der Waals surface area contributed by atoms with Crippen LogP contribution in [0.15, 0.2) is 212 Å². The van der Waals surface area contributed by atoms with E-state index < -0.39 is 0 Å². The number of benzene rings is 9. The molecule has 3 aromatic heterocycles. The minimum atomic E-state index is 1.12. The van der Waals surface area contributed by atoms with Crippen LogP contribution in [-0.2, 0) is 0 Å². The van der Waals surface area contributed by atoms with E-state index >= 15 is 0 Å². The monoisotopic (exact) mass is 725 g/mol. The van der Waals surface area contributed by atoms with E-state index in [1.54, 1.807) is 0 Å². The maximum Gasteiger partial charge on any atom is 0.0562 e. The number of aromatic nitrogens is 3. The summed E-state index contributed by atoms with van der Waals surface area (Å²) in [4.78, 5) is 0. The van der Waals surface area contributed by atoms with Crippen molar-refractivity contribution in [2.45, 2.75) is 0 Å². The number of fused-ring (bicyclic) bond motifs is 9. The van der Waals surface area contributed by atoms with E-state index in [0.29, 0.717) is 0 Å². The molecule has 0 saturated carbocycles. The third kappa shape index (κ3) is 4.79. The molecule has 0 fully saturated rings. The zero-order valence-electron chi connectivity index (χ0n) is 31.0. The van der Waals surface area contributed by atoms with Gasteiger partial charge in [0.25, 0.3) is 0 Å². The highest BCUT2D eigenvalue weighted by Gasteiger charge is 2.21. The summed E-state index contributed by atoms with van der Waals surface area (Å²) in [5.41, 5.74) is 15.3. The minimum Gasteiger partial charge on any atom is -0.309 e. The molecule has 3 heterocycles. The second-order valence-electron chi connectivity index (χ2n) is 14.9. The van der Waals surface area contributed by atoms with Crippen molar-refractivity contribution in [1.82, 2.24) is 13.7 Å². The van der Waals surface area contributed by atoms with Gasteiger partial charge in [-0.1, -0.05) is 146 Å². The molecule has 3 heteroatoms. The molecule has 12 rings (SSSR count). The van der Waals surface area contributed by atoms with Gasteiger partial charge in [-0.05, 0) is 89.0 Å². The molecule has 266 valence electrons. The van der Waals surface area contributed by atoms with Crippen LogP contribution in [0.25, 0.3) is 105 Å². The van der Waals surface area contributed by atoms with Crippen molar-refractivity contribution in [3.8, 4) is 39.3 Å². The van der Waals surface area contributed by atoms with E-state index in [1.807, 2.05) is 0 Å². The Labute approximate surface area is 329 Å². The average Bonchev–Trinajstić information content (AvgIpc) is 3.92. The lowest BCUT2D eigenvalue weighted by Gasteiger charge is -2.15. The van der Waals surface area contributed by atoms with Crippen LogP contribution in [0.1, 0.15) is 0 Å². The molecule has 0 radical (unpaired) electrons. The summed E-state index contributed by atoms with van der Waals surface area (Å²) in [6.45, 7) is 0. The predicted octanol–water partition coefficient (Wildman–Crippen LogP) is 14.3. The van der Waals surface area contributed by atoms with E-state index in [4.69, 9.17) is 0 Å². The molecule has 0 atom stereocenters. The first-order chi connectivity index (χ1) is 28.3. The molecule has 0 unspecified atom stereocenters. The summed E-state index contributed by atoms with van der Waals surface area (Å²) in [5, 5.41) is 7.46. The SMILES string of the molecule is c1ccc(-c2cc(-c3ccccc3)cc(-n3c4ccccc4c4ccc(-n5c6ccccc6c6c(-n7c8ccccc8c8ccccc87)cccc65)cc43)c2)cc1. The first-order valence-electron chi connectivity index (χ1n) is 19.6. The molecule has 3 nitrogen and oxygen atoms in total. The third-order valence-corrected chi connectivity index (χ3v) is 11.8. The molecule has 12 aromatic rings. The normalized spacial score (nSPS) is 11.9. The molecule has 0 saturated heterocycles. The summed E-state index contributed by atoms with van der Waals surface area (Å²) in [6.07, 6.45) is 0. The van der Waals surface area contributed by atoms with Gasteiger partial charge in [0.2, 0.25) is 0 Å². The molecule has 0 N–H and O–H groups in total. The van der Waals surface area contributed by atoms with Gasteiger partial charge in [0, 0.05) is 43.7 Å². The Bertz CT molecular complexity index is 3400. The van der Waals surface area contributed by atoms with Crippen LogP contribution in [0.3, 0.4) is 0 Å². The van der Waals surface area contributed by atoms with Gasteiger partial charge in [-0.3, -0.25) is 0 Å². The molecular formula is C54H35N3. The van der Waals surface area contributed by atoms with Crippen LogP contribution < -0.4 is 0 Å². The highest BCUT2D eigenvalue weighted by molar-refractivity contribution is 6.17. The molecule has 0 bridgehead atoms. The average molecular weight is 726 g/mol. The Morgan fingerprint density at radius 3 is 1.25 bits per heavy atom. The van der Waals surface area contributed by atoms with Crippen LogP contribution in [0.2, 0.25) is 0 Å². The van der Waals surface area contributed by atoms with Gasteiger partial charge < -0.3 is 13.7 Å². The van der Waals surface area contributed by atoms with Gasteiger partial charge in [0.1, 0.15) is 0 Å². The highest BCUT2D eigenvalue weighted by Crippen LogP contribution is 2.42. The van der Waals surface area contributed by atoms with Crippen molar-refractivity contribution in [3.05, 3.63) is 212 Å². The largest absolute Gasteiger partial charge is 0.309 e. The van der Waals surface area contributed by atoms with E-state index in [-0.39, 0.29) is 0 Å². The van der Waals surface area contributed by atoms with Crippen LogP contribution >= 0.6 is 0 Å². The molecule has 0 amide bonds. The Morgan fingerprint density at radius 2 is 0.667 bits per heavy atom. The molecule has 9 aromatic carbocycles. The van der Waals surface area contributed by atoms with Crippen molar-refractivity contribution in [2.24, 2.45) is 0 Å². The summed E-state index contributed by atoms with van der Waals surface area (Å²) < 4.78 is 7.37. The van der Waals surface area contributed by atoms with Gasteiger partial charge in [-0.2, -0.15) is 0 Å².